The van der Waals surface area contributed by atoms with E-state index in [1.165, 1.54) is 5.56 Å². The van der Waals surface area contributed by atoms with Crippen molar-refractivity contribution in [3.8, 4) is 0 Å². The highest BCUT2D eigenvalue weighted by Crippen LogP contribution is 2.02. The molecule has 0 saturated carbocycles. The lowest BCUT2D eigenvalue weighted by atomic mass is 10.1. The quantitative estimate of drug-likeness (QED) is 0.261. The summed E-state index contributed by atoms with van der Waals surface area (Å²) in [4.78, 5) is 19.9. The maximum atomic E-state index is 11.9. The first-order valence-electron chi connectivity index (χ1n) is 7.96. The molecule has 0 fully saturated rings. The van der Waals surface area contributed by atoms with Gasteiger partial charge in [-0.2, -0.15) is 0 Å². The molecule has 1 aromatic carbocycles. The number of amides is 1. The highest BCUT2D eigenvalue weighted by atomic mass is 127. The van der Waals surface area contributed by atoms with Crippen LogP contribution in [0, 0.1) is 0 Å². The number of hydrogen-bond donors (Lipinski definition) is 3. The summed E-state index contributed by atoms with van der Waals surface area (Å²) in [5, 5.41) is 8.96. The average molecular weight is 453 g/mol. The predicted molar refractivity (Wildman–Crippen MR) is 112 cm³/mol. The van der Waals surface area contributed by atoms with Gasteiger partial charge < -0.3 is 16.0 Å². The highest BCUT2D eigenvalue weighted by Gasteiger charge is 2.04. The standard InChI is InChI=1S/C18H23N5O.HI/c1-19-18(21-12-5-9-15-7-3-2-4-8-15)22-14-17(24)23-16-10-6-11-20-13-16;/h2-4,6-8,10-11,13H,5,9,12,14H2,1H3,(H,23,24)(H2,19,21,22);1H. The van der Waals surface area contributed by atoms with E-state index >= 15 is 0 Å². The second kappa shape index (κ2) is 12.2. The Morgan fingerprint density at radius 2 is 1.92 bits per heavy atom. The average Bonchev–Trinajstić information content (AvgIpc) is 2.63. The molecule has 6 nitrogen and oxygen atoms in total. The van der Waals surface area contributed by atoms with Crippen molar-refractivity contribution >= 4 is 41.5 Å². The Morgan fingerprint density at radius 1 is 1.12 bits per heavy atom. The van der Waals surface area contributed by atoms with Crippen molar-refractivity contribution in [3.05, 3.63) is 60.4 Å². The van der Waals surface area contributed by atoms with Crippen LogP contribution in [0.25, 0.3) is 0 Å². The minimum Gasteiger partial charge on any atom is -0.356 e. The van der Waals surface area contributed by atoms with E-state index in [2.05, 4.69) is 38.1 Å². The van der Waals surface area contributed by atoms with Crippen molar-refractivity contribution in [2.24, 2.45) is 4.99 Å². The number of rotatable bonds is 7. The molecule has 7 heteroatoms. The van der Waals surface area contributed by atoms with Gasteiger partial charge in [-0.15, -0.1) is 24.0 Å². The summed E-state index contributed by atoms with van der Waals surface area (Å²) in [6, 6.07) is 13.9. The van der Waals surface area contributed by atoms with Crippen LogP contribution in [0.2, 0.25) is 0 Å². The van der Waals surface area contributed by atoms with Crippen LogP contribution in [0.4, 0.5) is 5.69 Å². The Morgan fingerprint density at radius 3 is 2.60 bits per heavy atom. The van der Waals surface area contributed by atoms with Crippen LogP contribution in [0.15, 0.2) is 59.9 Å². The number of aryl methyl sites for hydroxylation is 1. The fourth-order valence-electron chi connectivity index (χ4n) is 2.17. The molecule has 0 aliphatic heterocycles. The van der Waals surface area contributed by atoms with Crippen LogP contribution in [-0.4, -0.2) is 37.0 Å². The maximum absolute atomic E-state index is 11.9. The molecule has 0 radical (unpaired) electrons. The maximum Gasteiger partial charge on any atom is 0.243 e. The van der Waals surface area contributed by atoms with E-state index < -0.39 is 0 Å². The summed E-state index contributed by atoms with van der Waals surface area (Å²) in [7, 11) is 1.69. The summed E-state index contributed by atoms with van der Waals surface area (Å²) < 4.78 is 0. The molecule has 0 aliphatic rings. The molecular weight excluding hydrogens is 429 g/mol. The van der Waals surface area contributed by atoms with Gasteiger partial charge in [0.1, 0.15) is 0 Å². The molecule has 2 aromatic rings. The first-order chi connectivity index (χ1) is 11.8. The number of hydrogen-bond acceptors (Lipinski definition) is 3. The van der Waals surface area contributed by atoms with Gasteiger partial charge >= 0.3 is 0 Å². The molecule has 2 rings (SSSR count). The summed E-state index contributed by atoms with van der Waals surface area (Å²) >= 11 is 0. The molecule has 1 heterocycles. The van der Waals surface area contributed by atoms with Crippen LogP contribution >= 0.6 is 24.0 Å². The summed E-state index contributed by atoms with van der Waals surface area (Å²) in [6.45, 7) is 0.937. The van der Waals surface area contributed by atoms with E-state index in [4.69, 9.17) is 0 Å². The third kappa shape index (κ3) is 8.48. The van der Waals surface area contributed by atoms with Crippen molar-refractivity contribution in [2.75, 3.05) is 25.5 Å². The molecule has 0 spiro atoms. The smallest absolute Gasteiger partial charge is 0.243 e. The van der Waals surface area contributed by atoms with Gasteiger partial charge in [0.25, 0.3) is 0 Å². The molecular formula is C18H24IN5O. The number of aliphatic imine (C=N–C) groups is 1. The summed E-state index contributed by atoms with van der Waals surface area (Å²) in [5.74, 6) is 0.472. The molecule has 0 aliphatic carbocycles. The zero-order valence-electron chi connectivity index (χ0n) is 14.2. The Kier molecular flexibility index (Phi) is 10.2. The van der Waals surface area contributed by atoms with Crippen molar-refractivity contribution in [2.45, 2.75) is 12.8 Å². The number of nitrogens with one attached hydrogen (secondary N) is 3. The SMILES string of the molecule is CN=C(NCCCc1ccccc1)NCC(=O)Nc1cccnc1.I. The Hall–Kier alpha value is -2.16. The Labute approximate surface area is 165 Å². The van der Waals surface area contributed by atoms with Crippen LogP contribution in [0.3, 0.4) is 0 Å². The first-order valence-corrected chi connectivity index (χ1v) is 7.96. The van der Waals surface area contributed by atoms with E-state index in [1.807, 2.05) is 18.2 Å². The zero-order chi connectivity index (χ0) is 17.0. The first kappa shape index (κ1) is 20.9. The van der Waals surface area contributed by atoms with Crippen molar-refractivity contribution < 1.29 is 4.79 Å². The largest absolute Gasteiger partial charge is 0.356 e. The number of halogens is 1. The van der Waals surface area contributed by atoms with Crippen LogP contribution in [-0.2, 0) is 11.2 Å². The number of guanidine groups is 1. The number of nitrogens with zero attached hydrogens (tertiary/aromatic N) is 2. The van der Waals surface area contributed by atoms with Crippen molar-refractivity contribution in [1.29, 1.82) is 0 Å². The van der Waals surface area contributed by atoms with Crippen molar-refractivity contribution in [3.63, 3.8) is 0 Å². The van der Waals surface area contributed by atoms with Gasteiger partial charge in [-0.3, -0.25) is 14.8 Å². The minimum atomic E-state index is -0.143. The highest BCUT2D eigenvalue weighted by molar-refractivity contribution is 14.0. The van der Waals surface area contributed by atoms with Gasteiger partial charge in [0.05, 0.1) is 18.4 Å². The number of pyridine rings is 1. The fraction of sp³-hybridized carbons (Fsp3) is 0.278. The van der Waals surface area contributed by atoms with Gasteiger partial charge in [0.2, 0.25) is 5.91 Å². The van der Waals surface area contributed by atoms with Crippen LogP contribution in [0.1, 0.15) is 12.0 Å². The number of benzene rings is 1. The lowest BCUT2D eigenvalue weighted by molar-refractivity contribution is -0.115. The molecule has 25 heavy (non-hydrogen) atoms. The Balaban J connectivity index is 0.00000312. The second-order valence-electron chi connectivity index (χ2n) is 5.23. The molecule has 0 unspecified atom stereocenters. The molecule has 0 atom stereocenters. The molecule has 1 amide bonds. The second-order valence-corrected chi connectivity index (χ2v) is 5.23. The number of carbonyl (C=O) groups is 1. The van der Waals surface area contributed by atoms with Crippen LogP contribution in [0.5, 0.6) is 0 Å². The molecule has 3 N–H and O–H groups in total. The molecule has 0 saturated heterocycles. The van der Waals surface area contributed by atoms with E-state index in [0.29, 0.717) is 11.6 Å². The topological polar surface area (TPSA) is 78.4 Å². The van der Waals surface area contributed by atoms with Gasteiger partial charge in [-0.25, -0.2) is 0 Å². The summed E-state index contributed by atoms with van der Waals surface area (Å²) in [6.07, 6.45) is 5.27. The van der Waals surface area contributed by atoms with Gasteiger partial charge in [-0.1, -0.05) is 30.3 Å². The van der Waals surface area contributed by atoms with Crippen molar-refractivity contribution in [1.82, 2.24) is 15.6 Å². The number of anilines is 1. The minimum absolute atomic E-state index is 0. The van der Waals surface area contributed by atoms with E-state index in [0.717, 1.165) is 19.4 Å². The fourth-order valence-corrected chi connectivity index (χ4v) is 2.17. The van der Waals surface area contributed by atoms with E-state index in [-0.39, 0.29) is 36.4 Å². The number of carbonyl (C=O) groups excluding carboxylic acids is 1. The summed E-state index contributed by atoms with van der Waals surface area (Å²) in [5.41, 5.74) is 1.99. The third-order valence-corrected chi connectivity index (χ3v) is 3.36. The lowest BCUT2D eigenvalue weighted by Crippen LogP contribution is -2.41. The monoisotopic (exact) mass is 453 g/mol. The van der Waals surface area contributed by atoms with Gasteiger partial charge in [0, 0.05) is 19.8 Å². The van der Waals surface area contributed by atoms with E-state index in [9.17, 15) is 4.79 Å². The third-order valence-electron chi connectivity index (χ3n) is 3.36. The molecule has 0 bridgehead atoms. The predicted octanol–water partition coefficient (Wildman–Crippen LogP) is 2.44. The van der Waals surface area contributed by atoms with Gasteiger partial charge in [-0.05, 0) is 30.5 Å². The molecule has 134 valence electrons. The lowest BCUT2D eigenvalue weighted by Gasteiger charge is -2.12. The number of aromatic nitrogens is 1. The van der Waals surface area contributed by atoms with E-state index in [1.54, 1.807) is 31.6 Å². The Bertz CT molecular complexity index is 649. The van der Waals surface area contributed by atoms with Gasteiger partial charge in [0.15, 0.2) is 5.96 Å². The zero-order valence-corrected chi connectivity index (χ0v) is 16.6. The molecule has 1 aromatic heterocycles. The normalized spacial score (nSPS) is 10.5. The van der Waals surface area contributed by atoms with Crippen LogP contribution < -0.4 is 16.0 Å².